The Balaban J connectivity index is 1.46. The SMILES string of the molecule is CCOc1cc(CNn2c(-c3ccncc3)n[nH]c2=S)cc(Cl)c1OCC(=O)Nc1ccc(C)cc1. The predicted octanol–water partition coefficient (Wildman–Crippen LogP) is 5.12. The highest BCUT2D eigenvalue weighted by Gasteiger charge is 2.16. The molecule has 2 aromatic carbocycles. The molecule has 36 heavy (non-hydrogen) atoms. The third-order valence-corrected chi connectivity index (χ3v) is 5.66. The molecule has 0 spiro atoms. The summed E-state index contributed by atoms with van der Waals surface area (Å²) in [6.45, 7) is 4.40. The first-order valence-electron chi connectivity index (χ1n) is 11.2. The van der Waals surface area contributed by atoms with Gasteiger partial charge in [0.15, 0.2) is 23.9 Å². The number of nitrogens with zero attached hydrogens (tertiary/aromatic N) is 3. The van der Waals surface area contributed by atoms with Crippen LogP contribution in [0.3, 0.4) is 0 Å². The largest absolute Gasteiger partial charge is 0.490 e. The van der Waals surface area contributed by atoms with Crippen molar-refractivity contribution in [3.8, 4) is 22.9 Å². The van der Waals surface area contributed by atoms with Crippen molar-refractivity contribution >= 4 is 35.4 Å². The topological polar surface area (TPSA) is 106 Å². The monoisotopic (exact) mass is 524 g/mol. The molecule has 3 N–H and O–H groups in total. The first-order valence-corrected chi connectivity index (χ1v) is 12.0. The number of anilines is 1. The molecule has 4 rings (SSSR count). The summed E-state index contributed by atoms with van der Waals surface area (Å²) in [5.41, 5.74) is 6.73. The van der Waals surface area contributed by atoms with Crippen LogP contribution in [0.4, 0.5) is 5.69 Å². The van der Waals surface area contributed by atoms with Gasteiger partial charge in [0, 0.05) is 23.6 Å². The van der Waals surface area contributed by atoms with Crippen molar-refractivity contribution in [3.63, 3.8) is 0 Å². The van der Waals surface area contributed by atoms with Gasteiger partial charge in [0.1, 0.15) is 0 Å². The Morgan fingerprint density at radius 3 is 2.61 bits per heavy atom. The van der Waals surface area contributed by atoms with Crippen LogP contribution < -0.4 is 20.2 Å². The molecule has 4 aromatic rings. The summed E-state index contributed by atoms with van der Waals surface area (Å²) in [6.07, 6.45) is 3.37. The highest BCUT2D eigenvalue weighted by molar-refractivity contribution is 7.71. The van der Waals surface area contributed by atoms with Crippen molar-refractivity contribution in [3.05, 3.63) is 81.8 Å². The maximum Gasteiger partial charge on any atom is 0.262 e. The Kier molecular flexibility index (Phi) is 8.19. The van der Waals surface area contributed by atoms with Crippen LogP contribution in [0.2, 0.25) is 5.02 Å². The fraction of sp³-hybridized carbons (Fsp3) is 0.200. The van der Waals surface area contributed by atoms with E-state index in [0.29, 0.717) is 46.0 Å². The first-order chi connectivity index (χ1) is 17.4. The number of H-pyrrole nitrogens is 1. The highest BCUT2D eigenvalue weighted by Crippen LogP contribution is 2.37. The Hall–Kier alpha value is -3.89. The smallest absolute Gasteiger partial charge is 0.262 e. The van der Waals surface area contributed by atoms with E-state index < -0.39 is 0 Å². The summed E-state index contributed by atoms with van der Waals surface area (Å²) < 4.78 is 13.6. The second kappa shape index (κ2) is 11.7. The van der Waals surface area contributed by atoms with Gasteiger partial charge in [0.2, 0.25) is 4.77 Å². The van der Waals surface area contributed by atoms with Crippen LogP contribution in [0.25, 0.3) is 11.4 Å². The summed E-state index contributed by atoms with van der Waals surface area (Å²) in [6, 6.07) is 14.8. The van der Waals surface area contributed by atoms with E-state index in [1.54, 1.807) is 23.1 Å². The van der Waals surface area contributed by atoms with Gasteiger partial charge in [-0.05, 0) is 68.0 Å². The van der Waals surface area contributed by atoms with Gasteiger partial charge in [0.25, 0.3) is 5.91 Å². The van der Waals surface area contributed by atoms with Gasteiger partial charge in [-0.3, -0.25) is 9.78 Å². The van der Waals surface area contributed by atoms with Crippen LogP contribution in [-0.2, 0) is 11.3 Å². The number of nitrogens with one attached hydrogen (secondary N) is 3. The molecule has 2 aromatic heterocycles. The number of ether oxygens (including phenoxy) is 2. The summed E-state index contributed by atoms with van der Waals surface area (Å²) >= 11 is 11.9. The maximum atomic E-state index is 12.4. The van der Waals surface area contributed by atoms with Gasteiger partial charge in [0.05, 0.1) is 18.2 Å². The lowest BCUT2D eigenvalue weighted by molar-refractivity contribution is -0.118. The number of hydrogen-bond acceptors (Lipinski definition) is 7. The molecule has 0 radical (unpaired) electrons. The molecule has 0 saturated heterocycles. The molecule has 0 aliphatic heterocycles. The van der Waals surface area contributed by atoms with Gasteiger partial charge < -0.3 is 20.2 Å². The number of rotatable bonds is 10. The van der Waals surface area contributed by atoms with Crippen molar-refractivity contribution in [1.29, 1.82) is 0 Å². The lowest BCUT2D eigenvalue weighted by atomic mass is 10.2. The van der Waals surface area contributed by atoms with E-state index in [1.165, 1.54) is 0 Å². The molecule has 1 amide bonds. The van der Waals surface area contributed by atoms with E-state index in [4.69, 9.17) is 33.3 Å². The van der Waals surface area contributed by atoms with Gasteiger partial charge in [-0.2, -0.15) is 5.10 Å². The number of halogens is 1. The van der Waals surface area contributed by atoms with Crippen LogP contribution in [0.5, 0.6) is 11.5 Å². The van der Waals surface area contributed by atoms with Crippen LogP contribution in [0.15, 0.2) is 60.9 Å². The predicted molar refractivity (Wildman–Crippen MR) is 142 cm³/mol. The second-order valence-corrected chi connectivity index (χ2v) is 8.59. The van der Waals surface area contributed by atoms with E-state index in [9.17, 15) is 4.79 Å². The van der Waals surface area contributed by atoms with Crippen molar-refractivity contribution < 1.29 is 14.3 Å². The lowest BCUT2D eigenvalue weighted by Crippen LogP contribution is -2.20. The molecule has 0 aliphatic carbocycles. The minimum absolute atomic E-state index is 0.218. The number of amides is 1. The fourth-order valence-electron chi connectivity index (χ4n) is 3.41. The van der Waals surface area contributed by atoms with Crippen LogP contribution >= 0.6 is 23.8 Å². The molecule has 0 aliphatic rings. The molecular weight excluding hydrogens is 500 g/mol. The second-order valence-electron chi connectivity index (χ2n) is 7.80. The van der Waals surface area contributed by atoms with E-state index >= 15 is 0 Å². The molecule has 0 saturated carbocycles. The minimum Gasteiger partial charge on any atom is -0.490 e. The summed E-state index contributed by atoms with van der Waals surface area (Å²) in [7, 11) is 0. The molecule has 11 heteroatoms. The maximum absolute atomic E-state index is 12.4. The van der Waals surface area contributed by atoms with Crippen molar-refractivity contribution in [1.82, 2.24) is 19.9 Å². The van der Waals surface area contributed by atoms with Crippen LogP contribution in [0, 0.1) is 11.7 Å². The molecule has 9 nitrogen and oxygen atoms in total. The van der Waals surface area contributed by atoms with Gasteiger partial charge in [-0.1, -0.05) is 29.3 Å². The number of benzene rings is 2. The zero-order chi connectivity index (χ0) is 25.5. The number of carbonyl (C=O) groups excluding carboxylic acids is 1. The van der Waals surface area contributed by atoms with Crippen molar-refractivity contribution in [2.75, 3.05) is 24.0 Å². The van der Waals surface area contributed by atoms with Crippen molar-refractivity contribution in [2.24, 2.45) is 0 Å². The van der Waals surface area contributed by atoms with Gasteiger partial charge >= 0.3 is 0 Å². The molecule has 0 atom stereocenters. The van der Waals surface area contributed by atoms with E-state index in [0.717, 1.165) is 16.7 Å². The normalized spacial score (nSPS) is 10.6. The zero-order valence-corrected chi connectivity index (χ0v) is 21.3. The van der Waals surface area contributed by atoms with E-state index in [1.807, 2.05) is 56.3 Å². The average Bonchev–Trinajstić information content (AvgIpc) is 3.24. The number of pyridine rings is 1. The quantitative estimate of drug-likeness (QED) is 0.247. The number of aromatic nitrogens is 4. The minimum atomic E-state index is -0.305. The van der Waals surface area contributed by atoms with Crippen LogP contribution in [0.1, 0.15) is 18.1 Å². The Morgan fingerprint density at radius 1 is 1.14 bits per heavy atom. The lowest BCUT2D eigenvalue weighted by Gasteiger charge is -2.16. The highest BCUT2D eigenvalue weighted by atomic mass is 35.5. The molecule has 0 fully saturated rings. The fourth-order valence-corrected chi connectivity index (χ4v) is 3.89. The number of aromatic amines is 1. The Bertz CT molecular complexity index is 1390. The number of aryl methyl sites for hydroxylation is 1. The van der Waals surface area contributed by atoms with Gasteiger partial charge in [-0.25, -0.2) is 9.77 Å². The Labute approximate surface area is 218 Å². The number of hydrogen-bond donors (Lipinski definition) is 3. The Morgan fingerprint density at radius 2 is 1.89 bits per heavy atom. The van der Waals surface area contributed by atoms with E-state index in [2.05, 4.69) is 25.9 Å². The third kappa shape index (κ3) is 6.21. The first kappa shape index (κ1) is 25.2. The zero-order valence-electron chi connectivity index (χ0n) is 19.7. The summed E-state index contributed by atoms with van der Waals surface area (Å²) in [5.74, 6) is 1.06. The summed E-state index contributed by atoms with van der Waals surface area (Å²) in [4.78, 5) is 16.4. The third-order valence-electron chi connectivity index (χ3n) is 5.10. The molecule has 0 bridgehead atoms. The van der Waals surface area contributed by atoms with E-state index in [-0.39, 0.29) is 12.5 Å². The standard InChI is InChI=1S/C25H25ClN6O3S/c1-3-34-21-13-17(14-28-32-24(30-31-25(32)36)18-8-10-27-11-9-18)12-20(26)23(21)35-15-22(33)29-19-6-4-16(2)5-7-19/h4-13,28H,3,14-15H2,1-2H3,(H,29,33)(H,31,36). The molecular formula is C25H25ClN6O3S. The number of carbonyl (C=O) groups is 1. The summed E-state index contributed by atoms with van der Waals surface area (Å²) in [5, 5.41) is 10.2. The molecule has 0 unspecified atom stereocenters. The molecule has 186 valence electrons. The van der Waals surface area contributed by atoms with Crippen molar-refractivity contribution in [2.45, 2.75) is 20.4 Å². The van der Waals surface area contributed by atoms with Crippen LogP contribution in [-0.4, -0.2) is 39.0 Å². The van der Waals surface area contributed by atoms with Gasteiger partial charge in [-0.15, -0.1) is 0 Å². The average molecular weight is 525 g/mol. The molecule has 2 heterocycles.